The molecule has 0 aliphatic rings. The summed E-state index contributed by atoms with van der Waals surface area (Å²) in [6.07, 6.45) is 2.20. The molecule has 0 saturated carbocycles. The van der Waals surface area contributed by atoms with Gasteiger partial charge in [-0.3, -0.25) is 4.98 Å². The lowest BCUT2D eigenvalue weighted by Crippen LogP contribution is -1.97. The van der Waals surface area contributed by atoms with E-state index in [4.69, 9.17) is 21.8 Å². The Bertz CT molecular complexity index is 300. The van der Waals surface area contributed by atoms with Gasteiger partial charge in [0.15, 0.2) is 5.75 Å². The number of aromatic carboxylic acids is 1. The van der Waals surface area contributed by atoms with E-state index >= 15 is 0 Å². The van der Waals surface area contributed by atoms with E-state index in [-0.39, 0.29) is 10.6 Å². The van der Waals surface area contributed by atoms with Crippen LogP contribution in [0.5, 0.6) is 5.75 Å². The van der Waals surface area contributed by atoms with Gasteiger partial charge in [-0.2, -0.15) is 0 Å². The summed E-state index contributed by atoms with van der Waals surface area (Å²) in [6, 6.07) is 0. The van der Waals surface area contributed by atoms with Gasteiger partial charge in [-0.25, -0.2) is 4.79 Å². The lowest BCUT2D eigenvalue weighted by molar-refractivity contribution is 0.0693. The smallest absolute Gasteiger partial charge is 0.341 e. The molecule has 0 bridgehead atoms. The van der Waals surface area contributed by atoms with E-state index in [1.54, 1.807) is 0 Å². The van der Waals surface area contributed by atoms with Crippen LogP contribution in [0.4, 0.5) is 0 Å². The summed E-state index contributed by atoms with van der Waals surface area (Å²) in [4.78, 5) is 13.8. The maximum Gasteiger partial charge on any atom is 0.341 e. The van der Waals surface area contributed by atoms with Crippen LogP contribution in [0.25, 0.3) is 0 Å². The van der Waals surface area contributed by atoms with E-state index in [1.165, 1.54) is 6.20 Å². The fraction of sp³-hybridized carbons (Fsp3) is 0. The fourth-order valence-electron chi connectivity index (χ4n) is 0.585. The van der Waals surface area contributed by atoms with Crippen molar-refractivity contribution >= 4 is 17.6 Å². The van der Waals surface area contributed by atoms with Gasteiger partial charge in [0, 0.05) is 12.4 Å². The van der Waals surface area contributed by atoms with E-state index in [2.05, 4.69) is 4.98 Å². The second-order valence-corrected chi connectivity index (χ2v) is 2.23. The highest BCUT2D eigenvalue weighted by Crippen LogP contribution is 2.25. The number of carboxylic acid groups (broad SMARTS) is 1. The molecule has 0 amide bonds. The quantitative estimate of drug-likeness (QED) is 0.668. The summed E-state index contributed by atoms with van der Waals surface area (Å²) in [5.41, 5.74) is -0.294. The predicted molar refractivity (Wildman–Crippen MR) is 37.9 cm³/mol. The number of aromatic nitrogens is 1. The summed E-state index contributed by atoms with van der Waals surface area (Å²) in [5, 5.41) is 17.4. The van der Waals surface area contributed by atoms with Crippen LogP contribution < -0.4 is 0 Å². The van der Waals surface area contributed by atoms with Crippen molar-refractivity contribution in [1.82, 2.24) is 4.98 Å². The molecule has 1 aromatic rings. The summed E-state index contributed by atoms with van der Waals surface area (Å²) >= 11 is 5.38. The minimum Gasteiger partial charge on any atom is -0.505 e. The van der Waals surface area contributed by atoms with Crippen LogP contribution >= 0.6 is 11.6 Å². The third-order valence-electron chi connectivity index (χ3n) is 1.10. The molecule has 11 heavy (non-hydrogen) atoms. The molecule has 0 spiro atoms. The van der Waals surface area contributed by atoms with Crippen molar-refractivity contribution in [3.63, 3.8) is 0 Å². The molecule has 5 heteroatoms. The monoisotopic (exact) mass is 173 g/mol. The second kappa shape index (κ2) is 2.75. The molecular formula is C6H4ClNO3. The van der Waals surface area contributed by atoms with Crippen molar-refractivity contribution in [3.8, 4) is 5.75 Å². The zero-order chi connectivity index (χ0) is 8.43. The number of halogens is 1. The first kappa shape index (κ1) is 7.81. The third-order valence-corrected chi connectivity index (χ3v) is 1.38. The second-order valence-electron chi connectivity index (χ2n) is 1.82. The number of pyridine rings is 1. The Hall–Kier alpha value is -1.29. The predicted octanol–water partition coefficient (Wildman–Crippen LogP) is 1.14. The molecule has 0 aliphatic heterocycles. The Balaban J connectivity index is 3.27. The van der Waals surface area contributed by atoms with Crippen LogP contribution in [0.3, 0.4) is 0 Å². The number of hydrogen-bond donors (Lipinski definition) is 2. The fourth-order valence-corrected chi connectivity index (χ4v) is 0.743. The number of rotatable bonds is 1. The number of carbonyl (C=O) groups is 1. The van der Waals surface area contributed by atoms with Gasteiger partial charge >= 0.3 is 5.97 Å². The average Bonchev–Trinajstić information content (AvgIpc) is 1.94. The number of aromatic hydroxyl groups is 1. The van der Waals surface area contributed by atoms with Gasteiger partial charge in [0.1, 0.15) is 10.6 Å². The maximum atomic E-state index is 10.3. The van der Waals surface area contributed by atoms with Crippen LogP contribution in [-0.4, -0.2) is 21.2 Å². The van der Waals surface area contributed by atoms with Gasteiger partial charge in [0.05, 0.1) is 0 Å². The molecule has 1 aromatic heterocycles. The van der Waals surface area contributed by atoms with E-state index in [1.807, 2.05) is 0 Å². The van der Waals surface area contributed by atoms with Gasteiger partial charge in [-0.1, -0.05) is 11.6 Å². The van der Waals surface area contributed by atoms with Crippen molar-refractivity contribution in [2.24, 2.45) is 0 Å². The van der Waals surface area contributed by atoms with Gasteiger partial charge < -0.3 is 10.2 Å². The molecule has 0 saturated heterocycles. The molecule has 0 aliphatic carbocycles. The van der Waals surface area contributed by atoms with Gasteiger partial charge in [-0.15, -0.1) is 0 Å². The topological polar surface area (TPSA) is 70.4 Å². The van der Waals surface area contributed by atoms with Crippen molar-refractivity contribution < 1.29 is 15.0 Å². The van der Waals surface area contributed by atoms with Crippen LogP contribution in [0, 0.1) is 0 Å². The van der Waals surface area contributed by atoms with Gasteiger partial charge in [-0.05, 0) is 0 Å². The van der Waals surface area contributed by atoms with Crippen molar-refractivity contribution in [1.29, 1.82) is 0 Å². The highest BCUT2D eigenvalue weighted by atomic mass is 35.5. The average molecular weight is 174 g/mol. The molecule has 58 valence electrons. The number of carboxylic acids is 1. The van der Waals surface area contributed by atoms with Crippen molar-refractivity contribution in [2.45, 2.75) is 0 Å². The first-order valence-electron chi connectivity index (χ1n) is 2.68. The SMILES string of the molecule is O=C(O)c1cncc(Cl)c1O. The van der Waals surface area contributed by atoms with Crippen molar-refractivity contribution in [3.05, 3.63) is 23.0 Å². The molecule has 0 fully saturated rings. The number of hydrogen-bond acceptors (Lipinski definition) is 3. The molecule has 4 nitrogen and oxygen atoms in total. The molecule has 0 unspecified atom stereocenters. The molecular weight excluding hydrogens is 170 g/mol. The minimum atomic E-state index is -1.25. The zero-order valence-electron chi connectivity index (χ0n) is 5.28. The van der Waals surface area contributed by atoms with Gasteiger partial charge in [0.2, 0.25) is 0 Å². The summed E-state index contributed by atoms with van der Waals surface area (Å²) in [6.45, 7) is 0. The van der Waals surface area contributed by atoms with Crippen LogP contribution in [0.1, 0.15) is 10.4 Å². The largest absolute Gasteiger partial charge is 0.505 e. The highest BCUT2D eigenvalue weighted by Gasteiger charge is 2.11. The molecule has 1 rings (SSSR count). The van der Waals surface area contributed by atoms with Gasteiger partial charge in [0.25, 0.3) is 0 Å². The molecule has 1 heterocycles. The van der Waals surface area contributed by atoms with Crippen LogP contribution in [0.2, 0.25) is 5.02 Å². The summed E-state index contributed by atoms with van der Waals surface area (Å²) in [5.74, 6) is -1.70. The Kier molecular flexibility index (Phi) is 1.96. The lowest BCUT2D eigenvalue weighted by Gasteiger charge is -1.98. The molecule has 0 atom stereocenters. The Morgan fingerprint density at radius 1 is 1.55 bits per heavy atom. The van der Waals surface area contributed by atoms with Crippen LogP contribution in [0.15, 0.2) is 12.4 Å². The Labute approximate surface area is 67.1 Å². The highest BCUT2D eigenvalue weighted by molar-refractivity contribution is 6.32. The molecule has 0 aromatic carbocycles. The molecule has 2 N–H and O–H groups in total. The van der Waals surface area contributed by atoms with E-state index in [9.17, 15) is 4.79 Å². The normalized spacial score (nSPS) is 9.55. The number of nitrogens with zero attached hydrogens (tertiary/aromatic N) is 1. The third kappa shape index (κ3) is 1.40. The molecule has 0 radical (unpaired) electrons. The summed E-state index contributed by atoms with van der Waals surface area (Å²) in [7, 11) is 0. The van der Waals surface area contributed by atoms with E-state index < -0.39 is 11.7 Å². The zero-order valence-corrected chi connectivity index (χ0v) is 6.04. The Morgan fingerprint density at radius 2 is 2.18 bits per heavy atom. The van der Waals surface area contributed by atoms with E-state index in [0.717, 1.165) is 6.20 Å². The Morgan fingerprint density at radius 3 is 2.64 bits per heavy atom. The maximum absolute atomic E-state index is 10.3. The first-order chi connectivity index (χ1) is 5.13. The lowest BCUT2D eigenvalue weighted by atomic mass is 10.3. The first-order valence-corrected chi connectivity index (χ1v) is 3.06. The van der Waals surface area contributed by atoms with E-state index in [0.29, 0.717) is 0 Å². The standard InChI is InChI=1S/C6H4ClNO3/c7-4-2-8-1-3(5(4)9)6(10)11/h1-2H,(H,8,9)(H,10,11). The minimum absolute atomic E-state index is 0.0649. The van der Waals surface area contributed by atoms with Crippen molar-refractivity contribution in [2.75, 3.05) is 0 Å². The summed E-state index contributed by atoms with van der Waals surface area (Å²) < 4.78 is 0. The van der Waals surface area contributed by atoms with Crippen LogP contribution in [-0.2, 0) is 0 Å².